The molecule has 1 heterocycles. The van der Waals surface area contributed by atoms with Crippen molar-refractivity contribution in [2.45, 2.75) is 31.0 Å². The first kappa shape index (κ1) is 22.8. The number of alkyl halides is 3. The van der Waals surface area contributed by atoms with Crippen LogP contribution >= 0.6 is 0 Å². The number of pyridine rings is 1. The van der Waals surface area contributed by atoms with Crippen LogP contribution in [0.4, 0.5) is 13.2 Å². The molecule has 0 bridgehead atoms. The molecule has 29 heavy (non-hydrogen) atoms. The Hall–Kier alpha value is -2.46. The number of hydrogen-bond donors (Lipinski definition) is 2. The van der Waals surface area contributed by atoms with E-state index in [1.54, 1.807) is 30.3 Å². The van der Waals surface area contributed by atoms with Gasteiger partial charge in [-0.15, -0.1) is 0 Å². The molecule has 6 nitrogen and oxygen atoms in total. The summed E-state index contributed by atoms with van der Waals surface area (Å²) >= 11 is 0. The summed E-state index contributed by atoms with van der Waals surface area (Å²) < 4.78 is 57.8. The van der Waals surface area contributed by atoms with Gasteiger partial charge in [0, 0.05) is 22.3 Å². The Morgan fingerprint density at radius 3 is 2.31 bits per heavy atom. The number of halogens is 3. The van der Waals surface area contributed by atoms with E-state index in [0.717, 1.165) is 0 Å². The Morgan fingerprint density at radius 1 is 1.10 bits per heavy atom. The summed E-state index contributed by atoms with van der Waals surface area (Å²) in [5, 5.41) is 8.69. The van der Waals surface area contributed by atoms with Crippen LogP contribution in [0.25, 0.3) is 0 Å². The molecule has 3 atom stereocenters. The van der Waals surface area contributed by atoms with E-state index in [0.29, 0.717) is 11.5 Å². The molecule has 1 aromatic heterocycles. The van der Waals surface area contributed by atoms with E-state index in [-0.39, 0.29) is 23.6 Å². The first-order valence-corrected chi connectivity index (χ1v) is 10.2. The van der Waals surface area contributed by atoms with Gasteiger partial charge in [-0.25, -0.2) is 0 Å². The van der Waals surface area contributed by atoms with Crippen LogP contribution < -0.4 is 10.5 Å². The van der Waals surface area contributed by atoms with Gasteiger partial charge in [-0.2, -0.15) is 13.2 Å². The molecule has 0 aliphatic heterocycles. The predicted molar refractivity (Wildman–Crippen MR) is 102 cm³/mol. The van der Waals surface area contributed by atoms with Crippen molar-refractivity contribution in [2.24, 2.45) is 5.73 Å². The summed E-state index contributed by atoms with van der Waals surface area (Å²) in [6.07, 6.45) is -3.84. The SMILES string of the molecule is NC(CCS(=O)CCC(c1ccc(Oc2ccccc2)cn1)C(F)(F)F)C(=O)O. The van der Waals surface area contributed by atoms with Gasteiger partial charge in [0.05, 0.1) is 17.8 Å². The summed E-state index contributed by atoms with van der Waals surface area (Å²) in [6, 6.07) is 10.2. The van der Waals surface area contributed by atoms with E-state index in [4.69, 9.17) is 15.6 Å². The molecule has 158 valence electrons. The first-order valence-electron chi connectivity index (χ1n) is 8.75. The third-order valence-electron chi connectivity index (χ3n) is 4.10. The lowest BCUT2D eigenvalue weighted by Crippen LogP contribution is -2.32. The fourth-order valence-corrected chi connectivity index (χ4v) is 3.71. The monoisotopic (exact) mass is 430 g/mol. The van der Waals surface area contributed by atoms with E-state index < -0.39 is 41.3 Å². The average molecular weight is 430 g/mol. The van der Waals surface area contributed by atoms with E-state index >= 15 is 0 Å². The molecule has 10 heteroatoms. The van der Waals surface area contributed by atoms with Crippen molar-refractivity contribution in [3.05, 3.63) is 54.4 Å². The van der Waals surface area contributed by atoms with Gasteiger partial charge in [0.25, 0.3) is 0 Å². The van der Waals surface area contributed by atoms with Gasteiger partial charge in [0.2, 0.25) is 0 Å². The number of aromatic nitrogens is 1. The topological polar surface area (TPSA) is 103 Å². The molecule has 2 aromatic rings. The number of carboxylic acid groups (broad SMARTS) is 1. The molecule has 3 unspecified atom stereocenters. The predicted octanol–water partition coefficient (Wildman–Crippen LogP) is 3.46. The smallest absolute Gasteiger partial charge is 0.397 e. The number of hydrogen-bond acceptors (Lipinski definition) is 5. The molecule has 0 saturated heterocycles. The maximum Gasteiger partial charge on any atom is 0.397 e. The zero-order chi connectivity index (χ0) is 21.4. The molecular weight excluding hydrogens is 409 g/mol. The number of carbonyl (C=O) groups is 1. The van der Waals surface area contributed by atoms with Crippen molar-refractivity contribution in [2.75, 3.05) is 11.5 Å². The molecule has 0 fully saturated rings. The average Bonchev–Trinajstić information content (AvgIpc) is 2.67. The first-order chi connectivity index (χ1) is 13.7. The van der Waals surface area contributed by atoms with Crippen molar-refractivity contribution in [3.63, 3.8) is 0 Å². The van der Waals surface area contributed by atoms with Gasteiger partial charge in [-0.05, 0) is 37.1 Å². The normalized spacial score (nSPS) is 14.8. The summed E-state index contributed by atoms with van der Waals surface area (Å²) in [6.45, 7) is 0. The van der Waals surface area contributed by atoms with Crippen LogP contribution in [0.3, 0.4) is 0 Å². The van der Waals surface area contributed by atoms with Gasteiger partial charge >= 0.3 is 12.1 Å². The lowest BCUT2D eigenvalue weighted by Gasteiger charge is -2.20. The zero-order valence-electron chi connectivity index (χ0n) is 15.3. The number of nitrogens with zero attached hydrogens (tertiary/aromatic N) is 1. The number of aliphatic carboxylic acids is 1. The van der Waals surface area contributed by atoms with Crippen LogP contribution in [0.5, 0.6) is 11.5 Å². The van der Waals surface area contributed by atoms with E-state index in [1.807, 2.05) is 0 Å². The lowest BCUT2D eigenvalue weighted by atomic mass is 10.0. The van der Waals surface area contributed by atoms with Crippen molar-refractivity contribution in [1.29, 1.82) is 0 Å². The van der Waals surface area contributed by atoms with Crippen LogP contribution in [-0.4, -0.2) is 44.0 Å². The lowest BCUT2D eigenvalue weighted by molar-refractivity contribution is -0.151. The van der Waals surface area contributed by atoms with Gasteiger partial charge in [0.1, 0.15) is 17.5 Å². The molecule has 0 aliphatic rings. The molecule has 1 aromatic carbocycles. The highest BCUT2D eigenvalue weighted by Gasteiger charge is 2.41. The third kappa shape index (κ3) is 7.47. The van der Waals surface area contributed by atoms with Crippen molar-refractivity contribution in [1.82, 2.24) is 4.98 Å². The summed E-state index contributed by atoms with van der Waals surface area (Å²) in [7, 11) is -1.61. The molecule has 0 saturated carbocycles. The minimum atomic E-state index is -4.56. The number of rotatable bonds is 10. The zero-order valence-corrected chi connectivity index (χ0v) is 16.2. The standard InChI is InChI=1S/C19H21F3N2O4S/c20-19(21,22)15(8-10-29(27)11-9-16(23)18(25)26)17-7-6-14(12-24-17)28-13-4-2-1-3-5-13/h1-7,12,15-16H,8-11,23H2,(H,25,26). The molecule has 2 rings (SSSR count). The van der Waals surface area contributed by atoms with Crippen LogP contribution in [0.15, 0.2) is 48.7 Å². The number of benzene rings is 1. The summed E-state index contributed by atoms with van der Waals surface area (Å²) in [4.78, 5) is 14.5. The second-order valence-corrected chi connectivity index (χ2v) is 7.99. The highest BCUT2D eigenvalue weighted by Crippen LogP contribution is 2.37. The summed E-state index contributed by atoms with van der Waals surface area (Å²) in [5.41, 5.74) is 5.12. The highest BCUT2D eigenvalue weighted by atomic mass is 32.2. The minimum Gasteiger partial charge on any atom is -0.480 e. The van der Waals surface area contributed by atoms with Gasteiger partial charge < -0.3 is 15.6 Å². The molecule has 0 spiro atoms. The largest absolute Gasteiger partial charge is 0.480 e. The quantitative estimate of drug-likeness (QED) is 0.599. The van der Waals surface area contributed by atoms with E-state index in [1.165, 1.54) is 18.3 Å². The number of nitrogens with two attached hydrogens (primary N) is 1. The van der Waals surface area contributed by atoms with Crippen molar-refractivity contribution in [3.8, 4) is 11.5 Å². The third-order valence-corrected chi connectivity index (χ3v) is 5.48. The number of ether oxygens (including phenoxy) is 1. The minimum absolute atomic E-state index is 0.0671. The van der Waals surface area contributed by atoms with Crippen LogP contribution in [0.2, 0.25) is 0 Å². The van der Waals surface area contributed by atoms with Gasteiger partial charge in [-0.3, -0.25) is 14.0 Å². The molecule has 0 radical (unpaired) electrons. The van der Waals surface area contributed by atoms with Crippen LogP contribution in [0.1, 0.15) is 24.5 Å². The Bertz CT molecular complexity index is 816. The van der Waals surface area contributed by atoms with Gasteiger partial charge in [-0.1, -0.05) is 18.2 Å². The fraction of sp³-hybridized carbons (Fsp3) is 0.368. The molecule has 0 aliphatic carbocycles. The number of para-hydroxylation sites is 1. The second-order valence-electron chi connectivity index (χ2n) is 6.30. The van der Waals surface area contributed by atoms with E-state index in [9.17, 15) is 22.2 Å². The number of carboxylic acids is 1. The Balaban J connectivity index is 1.99. The molecular formula is C19H21F3N2O4S. The maximum atomic E-state index is 13.5. The molecule has 3 N–H and O–H groups in total. The second kappa shape index (κ2) is 10.4. The van der Waals surface area contributed by atoms with Crippen molar-refractivity contribution >= 4 is 16.8 Å². The Labute approximate surface area is 168 Å². The fourth-order valence-electron chi connectivity index (χ4n) is 2.50. The summed E-state index contributed by atoms with van der Waals surface area (Å²) in [5.74, 6) is -2.60. The van der Waals surface area contributed by atoms with E-state index in [2.05, 4.69) is 4.98 Å². The maximum absolute atomic E-state index is 13.5. The molecule has 0 amide bonds. The van der Waals surface area contributed by atoms with Crippen LogP contribution in [0, 0.1) is 0 Å². The van der Waals surface area contributed by atoms with Crippen LogP contribution in [-0.2, 0) is 15.6 Å². The Kier molecular flexibility index (Phi) is 8.15. The highest BCUT2D eigenvalue weighted by molar-refractivity contribution is 7.84. The van der Waals surface area contributed by atoms with Crippen molar-refractivity contribution < 1.29 is 32.0 Å². The Morgan fingerprint density at radius 2 is 1.76 bits per heavy atom. The van der Waals surface area contributed by atoms with Gasteiger partial charge in [0.15, 0.2) is 0 Å².